The maximum absolute atomic E-state index is 12.0. The average molecular weight is 369 g/mol. The predicted octanol–water partition coefficient (Wildman–Crippen LogP) is 2.90. The molecule has 1 saturated heterocycles. The Morgan fingerprint density at radius 1 is 1.42 bits per heavy atom. The monoisotopic (exact) mass is 368 g/mol. The lowest BCUT2D eigenvalue weighted by Gasteiger charge is -2.18. The van der Waals surface area contributed by atoms with Gasteiger partial charge in [-0.05, 0) is 18.2 Å². The fraction of sp³-hybridized carbons (Fsp3) is 0.267. The fourth-order valence-electron chi connectivity index (χ4n) is 2.50. The van der Waals surface area contributed by atoms with Crippen molar-refractivity contribution in [1.82, 2.24) is 10.2 Å². The van der Waals surface area contributed by atoms with Gasteiger partial charge in [-0.2, -0.15) is 5.10 Å². The summed E-state index contributed by atoms with van der Waals surface area (Å²) in [4.78, 5) is 25.3. The highest BCUT2D eigenvalue weighted by atomic mass is 35.5. The third kappa shape index (κ3) is 3.80. The van der Waals surface area contributed by atoms with Crippen LogP contribution in [0.4, 0.5) is 16.2 Å². The minimum absolute atomic E-state index is 0.0778. The quantitative estimate of drug-likeness (QED) is 0.869. The second-order valence-electron chi connectivity index (χ2n) is 5.30. The molecule has 1 amide bonds. The molecule has 1 aromatic carbocycles. The molecule has 1 aromatic heterocycles. The lowest BCUT2D eigenvalue weighted by atomic mass is 10.3. The zero-order valence-corrected chi connectivity index (χ0v) is 14.0. The first-order chi connectivity index (χ1) is 11.5. The third-order valence-corrected chi connectivity index (χ3v) is 4.21. The zero-order chi connectivity index (χ0) is 17.1. The van der Waals surface area contributed by atoms with Crippen LogP contribution in [0.1, 0.15) is 6.42 Å². The summed E-state index contributed by atoms with van der Waals surface area (Å²) in [7, 11) is 0. The predicted molar refractivity (Wildman–Crippen MR) is 92.0 cm³/mol. The molecule has 7 nitrogen and oxygen atoms in total. The van der Waals surface area contributed by atoms with Crippen LogP contribution in [0.15, 0.2) is 35.3 Å². The van der Waals surface area contributed by atoms with E-state index in [-0.39, 0.29) is 11.1 Å². The molecule has 0 bridgehead atoms. The summed E-state index contributed by atoms with van der Waals surface area (Å²) < 4.78 is 5.39. The summed E-state index contributed by atoms with van der Waals surface area (Å²) >= 11 is 11.9. The highest BCUT2D eigenvalue weighted by Crippen LogP contribution is 2.26. The van der Waals surface area contributed by atoms with Gasteiger partial charge < -0.3 is 9.64 Å². The molecule has 1 fully saturated rings. The second kappa shape index (κ2) is 7.11. The second-order valence-corrected chi connectivity index (χ2v) is 6.11. The van der Waals surface area contributed by atoms with Crippen LogP contribution < -0.4 is 15.8 Å². The number of H-pyrrole nitrogens is 1. The first-order valence-corrected chi connectivity index (χ1v) is 8.00. The number of aromatic amines is 1. The number of anilines is 2. The van der Waals surface area contributed by atoms with Crippen molar-refractivity contribution in [2.24, 2.45) is 0 Å². The Morgan fingerprint density at radius 2 is 2.25 bits per heavy atom. The minimum Gasteiger partial charge on any atom is -0.444 e. The molecular weight excluding hydrogens is 355 g/mol. The molecule has 0 spiro atoms. The Labute approximate surface area is 147 Å². The number of aromatic nitrogens is 2. The van der Waals surface area contributed by atoms with Crippen molar-refractivity contribution < 1.29 is 9.53 Å². The van der Waals surface area contributed by atoms with Gasteiger partial charge in [-0.1, -0.05) is 29.3 Å². The Hall–Kier alpha value is -2.25. The van der Waals surface area contributed by atoms with Crippen LogP contribution in [0, 0.1) is 0 Å². The number of halogens is 2. The van der Waals surface area contributed by atoms with E-state index in [2.05, 4.69) is 15.5 Å². The Morgan fingerprint density at radius 3 is 3.04 bits per heavy atom. The maximum atomic E-state index is 12.0. The number of amides is 1. The van der Waals surface area contributed by atoms with Crippen molar-refractivity contribution in [1.29, 1.82) is 0 Å². The van der Waals surface area contributed by atoms with Crippen molar-refractivity contribution in [2.45, 2.75) is 12.5 Å². The number of ether oxygens (including phenoxy) is 1. The van der Waals surface area contributed by atoms with E-state index < -0.39 is 11.7 Å². The SMILES string of the molecule is O=C(Nc1cccc(Cl)c1)O[C@@H]1CCN(c2cn[nH]c(=O)c2Cl)C1. The molecule has 126 valence electrons. The van der Waals surface area contributed by atoms with Crippen molar-refractivity contribution in [3.63, 3.8) is 0 Å². The summed E-state index contributed by atoms with van der Waals surface area (Å²) in [5, 5.41) is 9.24. The minimum atomic E-state index is -0.556. The molecule has 2 aromatic rings. The van der Waals surface area contributed by atoms with E-state index in [9.17, 15) is 9.59 Å². The van der Waals surface area contributed by atoms with E-state index in [0.717, 1.165) is 0 Å². The maximum Gasteiger partial charge on any atom is 0.411 e. The number of carbonyl (C=O) groups is 1. The normalized spacial score (nSPS) is 16.9. The lowest BCUT2D eigenvalue weighted by molar-refractivity contribution is 0.122. The molecule has 24 heavy (non-hydrogen) atoms. The number of hydrogen-bond donors (Lipinski definition) is 2. The highest BCUT2D eigenvalue weighted by Gasteiger charge is 2.27. The van der Waals surface area contributed by atoms with Gasteiger partial charge in [-0.15, -0.1) is 0 Å². The Balaban J connectivity index is 1.59. The number of carbonyl (C=O) groups excluding carboxylic acids is 1. The first-order valence-electron chi connectivity index (χ1n) is 7.24. The van der Waals surface area contributed by atoms with Crippen molar-refractivity contribution >= 4 is 40.7 Å². The van der Waals surface area contributed by atoms with E-state index in [4.69, 9.17) is 27.9 Å². The van der Waals surface area contributed by atoms with E-state index in [1.54, 1.807) is 24.3 Å². The molecule has 0 aliphatic carbocycles. The molecule has 1 atom stereocenters. The van der Waals surface area contributed by atoms with Gasteiger partial charge >= 0.3 is 6.09 Å². The third-order valence-electron chi connectivity index (χ3n) is 3.61. The summed E-state index contributed by atoms with van der Waals surface area (Å²) in [6.07, 6.45) is 1.25. The van der Waals surface area contributed by atoms with Gasteiger partial charge in [0.1, 0.15) is 11.1 Å². The van der Waals surface area contributed by atoms with Crippen LogP contribution in [0.25, 0.3) is 0 Å². The van der Waals surface area contributed by atoms with Crippen LogP contribution in [0.3, 0.4) is 0 Å². The molecule has 9 heteroatoms. The van der Waals surface area contributed by atoms with Crippen LogP contribution in [0.2, 0.25) is 10.0 Å². The van der Waals surface area contributed by atoms with E-state index in [1.165, 1.54) is 6.20 Å². The van der Waals surface area contributed by atoms with Crippen molar-refractivity contribution in [3.05, 3.63) is 50.9 Å². The number of nitrogens with zero attached hydrogens (tertiary/aromatic N) is 2. The summed E-state index contributed by atoms with van der Waals surface area (Å²) in [5.41, 5.74) is 0.642. The topological polar surface area (TPSA) is 87.3 Å². The van der Waals surface area contributed by atoms with Crippen LogP contribution in [-0.2, 0) is 4.74 Å². The van der Waals surface area contributed by atoms with Crippen molar-refractivity contribution in [3.8, 4) is 0 Å². The van der Waals surface area contributed by atoms with Gasteiger partial charge in [0, 0.05) is 23.7 Å². The van der Waals surface area contributed by atoms with Gasteiger partial charge in [0.15, 0.2) is 0 Å². The molecule has 2 heterocycles. The molecule has 0 radical (unpaired) electrons. The zero-order valence-electron chi connectivity index (χ0n) is 12.5. The van der Waals surface area contributed by atoms with Gasteiger partial charge in [-0.3, -0.25) is 10.1 Å². The number of nitrogens with one attached hydrogen (secondary N) is 2. The molecule has 0 saturated carbocycles. The molecule has 0 unspecified atom stereocenters. The van der Waals surface area contributed by atoms with Crippen LogP contribution >= 0.6 is 23.2 Å². The summed E-state index contributed by atoms with van der Waals surface area (Å²) in [5.74, 6) is 0. The van der Waals surface area contributed by atoms with Gasteiger partial charge in [0.25, 0.3) is 5.56 Å². The highest BCUT2D eigenvalue weighted by molar-refractivity contribution is 6.33. The standard InChI is InChI=1S/C15H14Cl2N4O3/c16-9-2-1-3-10(6-9)19-15(23)24-11-4-5-21(8-11)12-7-18-20-14(22)13(12)17/h1-3,6-7,11H,4-5,8H2,(H,19,23)(H,20,22)/t11-/m1/s1. The summed E-state index contributed by atoms with van der Waals surface area (Å²) in [6, 6.07) is 6.80. The molecule has 1 aliphatic rings. The number of benzene rings is 1. The smallest absolute Gasteiger partial charge is 0.411 e. The van der Waals surface area contributed by atoms with Gasteiger partial charge in [0.2, 0.25) is 0 Å². The molecular formula is C15H14Cl2N4O3. The van der Waals surface area contributed by atoms with E-state index >= 15 is 0 Å². The van der Waals surface area contributed by atoms with E-state index in [0.29, 0.717) is 35.9 Å². The molecule has 3 rings (SSSR count). The Kier molecular flexibility index (Phi) is 4.92. The first kappa shape index (κ1) is 16.6. The lowest BCUT2D eigenvalue weighted by Crippen LogP contribution is -2.28. The van der Waals surface area contributed by atoms with E-state index in [1.807, 2.05) is 4.90 Å². The Bertz CT molecular complexity index is 811. The van der Waals surface area contributed by atoms with Crippen LogP contribution in [0.5, 0.6) is 0 Å². The molecule has 1 aliphatic heterocycles. The van der Waals surface area contributed by atoms with Crippen LogP contribution in [-0.4, -0.2) is 35.5 Å². The fourth-order valence-corrected chi connectivity index (χ4v) is 2.90. The number of rotatable bonds is 3. The average Bonchev–Trinajstić information content (AvgIpc) is 2.98. The van der Waals surface area contributed by atoms with Gasteiger partial charge in [0.05, 0.1) is 18.4 Å². The largest absolute Gasteiger partial charge is 0.444 e. The summed E-state index contributed by atoms with van der Waals surface area (Å²) in [6.45, 7) is 1.05. The molecule has 2 N–H and O–H groups in total. The number of hydrogen-bond acceptors (Lipinski definition) is 5. The van der Waals surface area contributed by atoms with Gasteiger partial charge in [-0.25, -0.2) is 9.89 Å². The van der Waals surface area contributed by atoms with Crippen molar-refractivity contribution in [2.75, 3.05) is 23.3 Å².